The summed E-state index contributed by atoms with van der Waals surface area (Å²) < 4.78 is 5.28. The molecule has 4 nitrogen and oxygen atoms in total. The molecule has 2 saturated heterocycles. The van der Waals surface area contributed by atoms with Crippen molar-refractivity contribution in [2.75, 3.05) is 31.2 Å². The number of benzene rings is 1. The zero-order valence-electron chi connectivity index (χ0n) is 10.9. The summed E-state index contributed by atoms with van der Waals surface area (Å²) in [5.74, 6) is 0.295. The number of carbonyl (C=O) groups excluding carboxylic acids is 1. The van der Waals surface area contributed by atoms with Crippen molar-refractivity contribution in [2.24, 2.45) is 0 Å². The Morgan fingerprint density at radius 2 is 1.95 bits per heavy atom. The van der Waals surface area contributed by atoms with Crippen LogP contribution in [0.4, 0.5) is 5.69 Å². The summed E-state index contributed by atoms with van der Waals surface area (Å²) in [4.78, 5) is 15.0. The van der Waals surface area contributed by atoms with Crippen LogP contribution in [0, 0.1) is 0 Å². The first-order valence-electron chi connectivity index (χ1n) is 7.04. The van der Waals surface area contributed by atoms with Gasteiger partial charge in [0.1, 0.15) is 0 Å². The molecular weight excluding hydrogens is 240 g/mol. The highest BCUT2D eigenvalue weighted by atomic mass is 16.5. The SMILES string of the molecule is O=C1N(C2COC2)c2ccccc2C12CCNCC2. The summed E-state index contributed by atoms with van der Waals surface area (Å²) in [7, 11) is 0. The highest BCUT2D eigenvalue weighted by Crippen LogP contribution is 2.48. The third kappa shape index (κ3) is 1.44. The van der Waals surface area contributed by atoms with Crippen LogP contribution in [0.2, 0.25) is 0 Å². The molecule has 19 heavy (non-hydrogen) atoms. The van der Waals surface area contributed by atoms with Gasteiger partial charge in [0.15, 0.2) is 0 Å². The molecule has 2 fully saturated rings. The van der Waals surface area contributed by atoms with Crippen LogP contribution in [-0.4, -0.2) is 38.3 Å². The Balaban J connectivity index is 1.83. The minimum absolute atomic E-state index is 0.239. The van der Waals surface area contributed by atoms with Gasteiger partial charge in [0.25, 0.3) is 0 Å². The number of para-hydroxylation sites is 1. The van der Waals surface area contributed by atoms with Gasteiger partial charge in [-0.05, 0) is 37.6 Å². The minimum Gasteiger partial charge on any atom is -0.377 e. The summed E-state index contributed by atoms with van der Waals surface area (Å²) in [6.45, 7) is 3.20. The Morgan fingerprint density at radius 3 is 2.63 bits per heavy atom. The number of rotatable bonds is 1. The first-order chi connectivity index (χ1) is 9.33. The molecule has 1 spiro atoms. The zero-order valence-corrected chi connectivity index (χ0v) is 10.9. The van der Waals surface area contributed by atoms with Crippen LogP contribution in [0.15, 0.2) is 24.3 Å². The second kappa shape index (κ2) is 4.05. The molecule has 0 unspecified atom stereocenters. The summed E-state index contributed by atoms with van der Waals surface area (Å²) in [6.07, 6.45) is 1.82. The topological polar surface area (TPSA) is 41.6 Å². The van der Waals surface area contributed by atoms with E-state index in [9.17, 15) is 4.79 Å². The van der Waals surface area contributed by atoms with Crippen LogP contribution in [0.3, 0.4) is 0 Å². The maximum Gasteiger partial charge on any atom is 0.238 e. The fourth-order valence-electron chi connectivity index (χ4n) is 3.62. The van der Waals surface area contributed by atoms with E-state index in [0.717, 1.165) is 31.6 Å². The lowest BCUT2D eigenvalue weighted by atomic mass is 9.74. The zero-order chi connectivity index (χ0) is 12.9. The van der Waals surface area contributed by atoms with E-state index in [-0.39, 0.29) is 11.5 Å². The molecule has 1 aromatic rings. The molecule has 0 radical (unpaired) electrons. The highest BCUT2D eigenvalue weighted by molar-refractivity contribution is 6.08. The Morgan fingerprint density at radius 1 is 1.21 bits per heavy atom. The third-order valence-corrected chi connectivity index (χ3v) is 4.75. The molecule has 0 aromatic heterocycles. The molecular formula is C15H18N2O2. The standard InChI is InChI=1S/C15H18N2O2/c18-14-15(5-7-16-8-6-15)12-3-1-2-4-13(12)17(14)11-9-19-10-11/h1-4,11,16H,5-10H2. The summed E-state index contributed by atoms with van der Waals surface area (Å²) in [6, 6.07) is 8.54. The summed E-state index contributed by atoms with van der Waals surface area (Å²) in [5, 5.41) is 3.36. The fourth-order valence-corrected chi connectivity index (χ4v) is 3.62. The molecule has 0 aliphatic carbocycles. The van der Waals surface area contributed by atoms with E-state index < -0.39 is 0 Å². The number of nitrogens with zero attached hydrogens (tertiary/aromatic N) is 1. The average Bonchev–Trinajstić information content (AvgIpc) is 2.62. The van der Waals surface area contributed by atoms with Gasteiger partial charge in [0, 0.05) is 5.69 Å². The number of carbonyl (C=O) groups is 1. The monoisotopic (exact) mass is 258 g/mol. The Kier molecular flexibility index (Phi) is 2.44. The predicted octanol–water partition coefficient (Wildman–Crippen LogP) is 1.05. The smallest absolute Gasteiger partial charge is 0.238 e. The molecule has 4 rings (SSSR count). The average molecular weight is 258 g/mol. The second-order valence-corrected chi connectivity index (χ2v) is 5.72. The van der Waals surface area contributed by atoms with Crippen LogP contribution in [0.25, 0.3) is 0 Å². The van der Waals surface area contributed by atoms with Gasteiger partial charge in [0.05, 0.1) is 24.7 Å². The van der Waals surface area contributed by atoms with Gasteiger partial charge < -0.3 is 15.0 Å². The largest absolute Gasteiger partial charge is 0.377 e. The van der Waals surface area contributed by atoms with Crippen molar-refractivity contribution in [1.29, 1.82) is 0 Å². The van der Waals surface area contributed by atoms with Crippen LogP contribution in [0.5, 0.6) is 0 Å². The molecule has 0 atom stereocenters. The van der Waals surface area contributed by atoms with E-state index >= 15 is 0 Å². The number of piperidine rings is 1. The van der Waals surface area contributed by atoms with Gasteiger partial charge in [-0.15, -0.1) is 0 Å². The maximum atomic E-state index is 13.0. The lowest BCUT2D eigenvalue weighted by molar-refractivity contribution is -0.126. The minimum atomic E-state index is -0.280. The number of hydrogen-bond acceptors (Lipinski definition) is 3. The van der Waals surface area contributed by atoms with Crippen molar-refractivity contribution < 1.29 is 9.53 Å². The van der Waals surface area contributed by atoms with Crippen molar-refractivity contribution in [3.8, 4) is 0 Å². The van der Waals surface area contributed by atoms with Crippen molar-refractivity contribution >= 4 is 11.6 Å². The molecule has 1 N–H and O–H groups in total. The van der Waals surface area contributed by atoms with E-state index in [4.69, 9.17) is 4.74 Å². The molecule has 1 aromatic carbocycles. The van der Waals surface area contributed by atoms with E-state index in [1.807, 2.05) is 11.0 Å². The van der Waals surface area contributed by atoms with E-state index in [1.54, 1.807) is 0 Å². The molecule has 3 aliphatic rings. The lowest BCUT2D eigenvalue weighted by Crippen LogP contribution is -2.55. The molecule has 100 valence electrons. The van der Waals surface area contributed by atoms with E-state index in [2.05, 4.69) is 23.5 Å². The maximum absolute atomic E-state index is 13.0. The Labute approximate surface area is 112 Å². The molecule has 0 bridgehead atoms. The van der Waals surface area contributed by atoms with Crippen molar-refractivity contribution in [3.63, 3.8) is 0 Å². The number of hydrogen-bond donors (Lipinski definition) is 1. The lowest BCUT2D eigenvalue weighted by Gasteiger charge is -2.38. The Bertz CT molecular complexity index is 519. The number of ether oxygens (including phenoxy) is 1. The first kappa shape index (κ1) is 11.4. The third-order valence-electron chi connectivity index (χ3n) is 4.75. The number of fused-ring (bicyclic) bond motifs is 2. The quantitative estimate of drug-likeness (QED) is 0.819. The Hall–Kier alpha value is -1.39. The van der Waals surface area contributed by atoms with Crippen molar-refractivity contribution in [1.82, 2.24) is 5.32 Å². The predicted molar refractivity (Wildman–Crippen MR) is 72.3 cm³/mol. The van der Waals surface area contributed by atoms with Gasteiger partial charge in [0.2, 0.25) is 5.91 Å². The first-order valence-corrected chi connectivity index (χ1v) is 7.04. The molecule has 4 heteroatoms. The van der Waals surface area contributed by atoms with Crippen LogP contribution < -0.4 is 10.2 Å². The molecule has 3 heterocycles. The normalized spacial score (nSPS) is 25.5. The van der Waals surface area contributed by atoms with Crippen LogP contribution in [-0.2, 0) is 14.9 Å². The van der Waals surface area contributed by atoms with E-state index in [0.29, 0.717) is 19.1 Å². The molecule has 0 saturated carbocycles. The molecule has 1 amide bonds. The summed E-state index contributed by atoms with van der Waals surface area (Å²) >= 11 is 0. The number of anilines is 1. The van der Waals surface area contributed by atoms with Crippen molar-refractivity contribution in [2.45, 2.75) is 24.3 Å². The van der Waals surface area contributed by atoms with Crippen LogP contribution >= 0.6 is 0 Å². The molecule has 3 aliphatic heterocycles. The van der Waals surface area contributed by atoms with Gasteiger partial charge in [-0.2, -0.15) is 0 Å². The van der Waals surface area contributed by atoms with Gasteiger partial charge in [-0.25, -0.2) is 0 Å². The van der Waals surface area contributed by atoms with Gasteiger partial charge in [-0.3, -0.25) is 4.79 Å². The van der Waals surface area contributed by atoms with Gasteiger partial charge >= 0.3 is 0 Å². The van der Waals surface area contributed by atoms with Crippen LogP contribution in [0.1, 0.15) is 18.4 Å². The van der Waals surface area contributed by atoms with E-state index in [1.165, 1.54) is 5.56 Å². The summed E-state index contributed by atoms with van der Waals surface area (Å²) in [5.41, 5.74) is 2.06. The highest BCUT2D eigenvalue weighted by Gasteiger charge is 2.53. The number of nitrogens with one attached hydrogen (secondary N) is 1. The fraction of sp³-hybridized carbons (Fsp3) is 0.533. The number of amides is 1. The van der Waals surface area contributed by atoms with Gasteiger partial charge in [-0.1, -0.05) is 18.2 Å². The second-order valence-electron chi connectivity index (χ2n) is 5.72. The van der Waals surface area contributed by atoms with Crippen molar-refractivity contribution in [3.05, 3.63) is 29.8 Å².